The highest BCUT2D eigenvalue weighted by molar-refractivity contribution is 7.47. The van der Waals surface area contributed by atoms with Gasteiger partial charge in [-0.15, -0.1) is 0 Å². The first-order valence-corrected chi connectivity index (χ1v) is 23.0. The second-order valence-electron chi connectivity index (χ2n) is 15.1. The van der Waals surface area contributed by atoms with Gasteiger partial charge in [-0.05, 0) is 37.8 Å². The normalized spacial score (nSPS) is 15.0. The van der Waals surface area contributed by atoms with Crippen LogP contribution < -0.4 is 0 Å². The highest BCUT2D eigenvalue weighted by atomic mass is 31.2. The van der Waals surface area contributed by atoms with Gasteiger partial charge in [0.15, 0.2) is 6.10 Å². The molecule has 0 aliphatic rings. The molecular weight excluding hydrogens is 718 g/mol. The van der Waals surface area contributed by atoms with Crippen molar-refractivity contribution in [2.75, 3.05) is 47.5 Å². The van der Waals surface area contributed by atoms with Crippen molar-refractivity contribution in [1.82, 2.24) is 0 Å². The summed E-state index contributed by atoms with van der Waals surface area (Å²) in [6.07, 6.45) is 61.9. The molecule has 0 saturated carbocycles. The van der Waals surface area contributed by atoms with E-state index in [2.05, 4.69) is 38.2 Å². The summed E-state index contributed by atoms with van der Waals surface area (Å²) in [5.41, 5.74) is 0. The van der Waals surface area contributed by atoms with E-state index in [0.29, 0.717) is 11.0 Å². The maximum atomic E-state index is 12.4. The Morgan fingerprint density at radius 2 is 0.893 bits per heavy atom. The van der Waals surface area contributed by atoms with Crippen molar-refractivity contribution in [3.05, 3.63) is 122 Å². The Morgan fingerprint density at radius 1 is 0.500 bits per heavy atom. The van der Waals surface area contributed by atoms with E-state index in [0.717, 1.165) is 12.8 Å². The number of phosphoric ester groups is 1. The molecule has 0 amide bonds. The standard InChI is InChI=1S/C48H80NO6P/c1-6-8-10-12-14-16-18-20-22-24-26-28-30-32-34-36-38-40-43-52-46-48(47-55-56(50,51)54-45-42-49(3,4)5)53-44-41-39-37-35-33-31-29-27-25-23-21-19-17-15-13-11-9-7-2/h24-41,43-44,48H,6-23,42,45-47H2,1-5H3/p+1/t48-/m1/s1. The summed E-state index contributed by atoms with van der Waals surface area (Å²) in [7, 11) is 1.69. The van der Waals surface area contributed by atoms with Gasteiger partial charge in [0.2, 0.25) is 0 Å². The van der Waals surface area contributed by atoms with Crippen molar-refractivity contribution < 1.29 is 32.5 Å². The minimum Gasteiger partial charge on any atom is -0.497 e. The topological polar surface area (TPSA) is 74.2 Å². The lowest BCUT2D eigenvalue weighted by atomic mass is 10.1. The lowest BCUT2D eigenvalue weighted by Crippen LogP contribution is -2.37. The second kappa shape index (κ2) is 40.3. The highest BCUT2D eigenvalue weighted by Crippen LogP contribution is 2.43. The van der Waals surface area contributed by atoms with Gasteiger partial charge in [-0.1, -0.05) is 201 Å². The maximum Gasteiger partial charge on any atom is 0.472 e. The van der Waals surface area contributed by atoms with E-state index in [1.165, 1.54) is 109 Å². The molecule has 0 aliphatic carbocycles. The Balaban J connectivity index is 4.62. The first-order chi connectivity index (χ1) is 27.2. The number of quaternary nitrogens is 1. The number of ether oxygens (including phenoxy) is 2. The molecule has 0 aromatic heterocycles. The number of hydrogen-bond acceptors (Lipinski definition) is 5. The number of unbranched alkanes of at least 4 members (excludes halogenated alkanes) is 16. The van der Waals surface area contributed by atoms with Crippen LogP contribution in [0.25, 0.3) is 0 Å². The molecule has 0 aliphatic heterocycles. The van der Waals surface area contributed by atoms with Crippen LogP contribution in [0.5, 0.6) is 0 Å². The van der Waals surface area contributed by atoms with Gasteiger partial charge in [0.25, 0.3) is 0 Å². The zero-order valence-corrected chi connectivity index (χ0v) is 37.0. The lowest BCUT2D eigenvalue weighted by Gasteiger charge is -2.24. The summed E-state index contributed by atoms with van der Waals surface area (Å²) in [5.74, 6) is 0. The van der Waals surface area contributed by atoms with Crippen molar-refractivity contribution >= 4 is 7.82 Å². The van der Waals surface area contributed by atoms with Crippen molar-refractivity contribution in [2.45, 2.75) is 136 Å². The van der Waals surface area contributed by atoms with Crippen LogP contribution in [0, 0.1) is 0 Å². The Hall–Kier alpha value is -2.93. The summed E-state index contributed by atoms with van der Waals surface area (Å²) in [5, 5.41) is 0. The van der Waals surface area contributed by atoms with Gasteiger partial charge in [0, 0.05) is 0 Å². The minimum atomic E-state index is -4.24. The monoisotopic (exact) mass is 799 g/mol. The maximum absolute atomic E-state index is 12.4. The number of allylic oxidation sites excluding steroid dienone is 18. The fourth-order valence-electron chi connectivity index (χ4n) is 5.15. The van der Waals surface area contributed by atoms with Crippen molar-refractivity contribution in [3.8, 4) is 0 Å². The van der Waals surface area contributed by atoms with E-state index in [1.807, 2.05) is 94.1 Å². The van der Waals surface area contributed by atoms with E-state index in [1.54, 1.807) is 18.4 Å². The summed E-state index contributed by atoms with van der Waals surface area (Å²) in [6.45, 7) is 5.10. The highest BCUT2D eigenvalue weighted by Gasteiger charge is 2.25. The molecule has 318 valence electrons. The predicted molar refractivity (Wildman–Crippen MR) is 241 cm³/mol. The summed E-state index contributed by atoms with van der Waals surface area (Å²) < 4.78 is 34.8. The smallest absolute Gasteiger partial charge is 0.472 e. The molecule has 0 heterocycles. The first kappa shape index (κ1) is 53.1. The number of nitrogens with zero attached hydrogens (tertiary/aromatic N) is 1. The molecule has 8 heteroatoms. The van der Waals surface area contributed by atoms with Gasteiger partial charge in [-0.3, -0.25) is 9.05 Å². The Labute approximate surface area is 344 Å². The molecule has 0 aromatic carbocycles. The van der Waals surface area contributed by atoms with E-state index < -0.39 is 13.9 Å². The largest absolute Gasteiger partial charge is 0.497 e. The molecule has 56 heavy (non-hydrogen) atoms. The predicted octanol–water partition coefficient (Wildman–Crippen LogP) is 13.8. The summed E-state index contributed by atoms with van der Waals surface area (Å²) in [6, 6.07) is 0. The lowest BCUT2D eigenvalue weighted by molar-refractivity contribution is -0.870. The summed E-state index contributed by atoms with van der Waals surface area (Å²) >= 11 is 0. The SMILES string of the molecule is CCCCCCCCCCC=CC=CC=CC=CC=COC[C@H](COP(=O)(O)OCC[N+](C)(C)C)OC=CC=CC=CC=CC=CCCCCCCCCCC. The molecule has 0 rings (SSSR count). The average Bonchev–Trinajstić information content (AvgIpc) is 3.16. The quantitative estimate of drug-likeness (QED) is 0.0220. The molecule has 1 unspecified atom stereocenters. The van der Waals surface area contributed by atoms with Gasteiger partial charge in [-0.2, -0.15) is 0 Å². The fourth-order valence-corrected chi connectivity index (χ4v) is 5.89. The van der Waals surface area contributed by atoms with Crippen molar-refractivity contribution in [1.29, 1.82) is 0 Å². The van der Waals surface area contributed by atoms with E-state index in [-0.39, 0.29) is 19.8 Å². The Morgan fingerprint density at radius 3 is 1.34 bits per heavy atom. The van der Waals surface area contributed by atoms with Crippen LogP contribution in [0.4, 0.5) is 0 Å². The number of phosphoric acid groups is 1. The Bertz CT molecular complexity index is 1230. The van der Waals surface area contributed by atoms with Gasteiger partial charge in [-0.25, -0.2) is 4.57 Å². The molecule has 0 radical (unpaired) electrons. The van der Waals surface area contributed by atoms with E-state index in [9.17, 15) is 9.46 Å². The molecule has 0 saturated heterocycles. The van der Waals surface area contributed by atoms with Gasteiger partial charge in [0.05, 0.1) is 40.3 Å². The van der Waals surface area contributed by atoms with Gasteiger partial charge < -0.3 is 18.9 Å². The minimum absolute atomic E-state index is 0.0949. The fraction of sp³-hybridized carbons (Fsp3) is 0.583. The molecule has 0 aromatic rings. The molecular formula is C48H81NO6P+. The van der Waals surface area contributed by atoms with Crippen LogP contribution in [0.15, 0.2) is 122 Å². The number of hydrogen-bond donors (Lipinski definition) is 1. The molecule has 0 bridgehead atoms. The third-order valence-corrected chi connectivity index (χ3v) is 9.51. The molecule has 0 spiro atoms. The van der Waals surface area contributed by atoms with Crippen LogP contribution in [-0.2, 0) is 23.1 Å². The van der Waals surface area contributed by atoms with E-state index in [4.69, 9.17) is 18.5 Å². The third kappa shape index (κ3) is 43.8. The molecule has 0 fully saturated rings. The van der Waals surface area contributed by atoms with Crippen LogP contribution >= 0.6 is 7.82 Å². The van der Waals surface area contributed by atoms with Crippen LogP contribution in [0.1, 0.15) is 129 Å². The van der Waals surface area contributed by atoms with Crippen molar-refractivity contribution in [3.63, 3.8) is 0 Å². The third-order valence-electron chi connectivity index (χ3n) is 8.52. The average molecular weight is 799 g/mol. The van der Waals surface area contributed by atoms with Crippen LogP contribution in [0.2, 0.25) is 0 Å². The summed E-state index contributed by atoms with van der Waals surface area (Å²) in [4.78, 5) is 10.2. The van der Waals surface area contributed by atoms with Crippen LogP contribution in [-0.4, -0.2) is 63.0 Å². The Kier molecular flexibility index (Phi) is 38.2. The molecule has 7 nitrogen and oxygen atoms in total. The van der Waals surface area contributed by atoms with Crippen LogP contribution in [0.3, 0.4) is 0 Å². The van der Waals surface area contributed by atoms with Crippen molar-refractivity contribution in [2.24, 2.45) is 0 Å². The number of rotatable bonds is 38. The van der Waals surface area contributed by atoms with Gasteiger partial charge >= 0.3 is 7.82 Å². The first-order valence-electron chi connectivity index (χ1n) is 21.5. The van der Waals surface area contributed by atoms with E-state index >= 15 is 0 Å². The zero-order valence-electron chi connectivity index (χ0n) is 36.1. The molecule has 1 N–H and O–H groups in total. The number of likely N-dealkylation sites (N-methyl/N-ethyl adjacent to an activating group) is 1. The van der Waals surface area contributed by atoms with Gasteiger partial charge in [0.1, 0.15) is 19.8 Å². The zero-order chi connectivity index (χ0) is 41.1. The second-order valence-corrected chi connectivity index (χ2v) is 16.5. The molecule has 2 atom stereocenters.